The smallest absolute Gasteiger partial charge is 0.332 e. The van der Waals surface area contributed by atoms with Crippen LogP contribution in [-0.4, -0.2) is 148 Å². The predicted molar refractivity (Wildman–Crippen MR) is 513 cm³/mol. The van der Waals surface area contributed by atoms with Crippen molar-refractivity contribution < 1.29 is 91.9 Å². The van der Waals surface area contributed by atoms with Gasteiger partial charge >= 0.3 is 23.9 Å². The molecule has 8 atom stereocenters. The molecule has 22 nitrogen and oxygen atoms in total. The number of aliphatic hydroxyl groups is 2. The van der Waals surface area contributed by atoms with Crippen molar-refractivity contribution in [1.29, 1.82) is 0 Å². The van der Waals surface area contributed by atoms with E-state index in [0.29, 0.717) is 47.4 Å². The standard InChI is InChI=1S/C23H26Cl2O5S.C19H18Cl2O5S.C17H16Cl2O3S.C12H15NO2.C10H13NO.C6H11BrO2.C6H3Cl3O2S/c1-23(2,3)30-21(26)14-29-13-16-9-8-15-6-4-5-7-18(15)22(16)31(27,28)17-10-11-19(24)20(25)12-17;20-16-8-7-14(9-17(16)21)27(24,25)19-13(10-26-11-18(22)23)6-5-12-3-1-2-4-15(12)19;18-15-8-7-13(9-16(15)19)23(21,22)17-12(10-20)6-5-11-3-1-2-4-14(11)17;1-2-15-12(14)11-8-7-9-5-3-4-6-10(9)13-11;12-7-9-6-5-8-3-1-2-4-10(8)11-9;1-6(2,3)9-5(8)4-7;7-5-2-1-4(3-6(5)8)12(9,10)11/h4-7,10-12,16,22H,8-9,13-14H2,1-3H3;1-4,7-9,13,19H,5-6,10-11H2,(H,22,23);1-4,7-9,12,17,20H,5-6,10H2;3-6,11,13H,2,7-8H2,1H3;1-4,9,11-12H,5-7H2;4H2,1-3H3;1-3H. The summed E-state index contributed by atoms with van der Waals surface area (Å²) in [5, 5.41) is 33.7. The maximum absolute atomic E-state index is 13.7. The first kappa shape index (κ1) is 108. The third-order valence-electron chi connectivity index (χ3n) is 20.8. The number of hydrogen-bond donors (Lipinski definition) is 5. The van der Waals surface area contributed by atoms with Gasteiger partial charge in [-0.1, -0.05) is 218 Å². The molecule has 0 amide bonds. The summed E-state index contributed by atoms with van der Waals surface area (Å²) in [6.07, 6.45) is 7.94. The molecular weight excluding hydrogens is 1990 g/mol. The number of rotatable bonds is 20. The molecule has 3 aliphatic carbocycles. The summed E-state index contributed by atoms with van der Waals surface area (Å²) in [6.45, 7) is 12.7. The lowest BCUT2D eigenvalue weighted by molar-refractivity contribution is -0.160. The van der Waals surface area contributed by atoms with Gasteiger partial charge in [-0.2, -0.15) is 0 Å². The third kappa shape index (κ3) is 31.4. The molecule has 0 bridgehead atoms. The highest BCUT2D eigenvalue weighted by Crippen LogP contribution is 2.48. The third-order valence-corrected chi connectivity index (χ3v) is 32.3. The van der Waals surface area contributed by atoms with Gasteiger partial charge in [0, 0.05) is 52.5 Å². The molecular formula is C93H102BrCl9N2O20S4. The lowest BCUT2D eigenvalue weighted by Crippen LogP contribution is -2.34. The summed E-state index contributed by atoms with van der Waals surface area (Å²) in [5.74, 6) is -2.95. The Labute approximate surface area is 807 Å². The molecule has 2 heterocycles. The number of carboxylic acid groups (broad SMARTS) is 1. The van der Waals surface area contributed by atoms with Gasteiger partial charge in [0.2, 0.25) is 0 Å². The van der Waals surface area contributed by atoms with Crippen LogP contribution in [0.15, 0.2) is 214 Å². The van der Waals surface area contributed by atoms with Crippen LogP contribution in [0.3, 0.4) is 0 Å². The zero-order valence-electron chi connectivity index (χ0n) is 71.5. The summed E-state index contributed by atoms with van der Waals surface area (Å²) < 4.78 is 128. The summed E-state index contributed by atoms with van der Waals surface area (Å²) in [6, 6.07) is 55.7. The Morgan fingerprint density at radius 3 is 1.10 bits per heavy atom. The second-order valence-corrected chi connectivity index (χ2v) is 45.0. The van der Waals surface area contributed by atoms with Gasteiger partial charge in [0.05, 0.1) is 102 Å². The first-order valence-electron chi connectivity index (χ1n) is 41.0. The van der Waals surface area contributed by atoms with Crippen LogP contribution in [0.2, 0.25) is 40.2 Å². The predicted octanol–water partition coefficient (Wildman–Crippen LogP) is 21.7. The zero-order chi connectivity index (χ0) is 94.9. The van der Waals surface area contributed by atoms with Crippen LogP contribution in [0.1, 0.15) is 141 Å². The van der Waals surface area contributed by atoms with E-state index < -0.39 is 78.5 Å². The number of carboxylic acids is 1. The molecule has 698 valence electrons. The topological polar surface area (TPSA) is 336 Å². The Balaban J connectivity index is 0.000000193. The number of sulfone groups is 3. The SMILES string of the molecule is CC(C)(C)OC(=O)CBr.CC(C)(C)OC(=O)COCC1CCc2ccccc2C1S(=O)(=O)c1ccc(Cl)c(Cl)c1.CCOC(=O)C1CCc2ccccc2N1.O=C(O)COCC1CCc2ccccc2C1S(=O)(=O)c1ccc(Cl)c(Cl)c1.O=S(=O)(Cl)c1ccc(Cl)c(Cl)c1.O=S(=O)(c1ccc(Cl)c(Cl)c1)C1c2ccccc2CCC1CO.OCC1CCc2ccccc2N1. The van der Waals surface area contributed by atoms with Gasteiger partial charge in [-0.05, 0) is 242 Å². The second kappa shape index (κ2) is 49.4. The number of esters is 3. The molecule has 0 fully saturated rings. The zero-order valence-corrected chi connectivity index (χ0v) is 83.2. The first-order chi connectivity index (χ1) is 60.8. The van der Waals surface area contributed by atoms with Gasteiger partial charge in [-0.15, -0.1) is 0 Å². The number of aryl methyl sites for hydroxylation is 5. The van der Waals surface area contributed by atoms with Crippen molar-refractivity contribution in [3.05, 3.63) is 279 Å². The molecule has 36 heteroatoms. The van der Waals surface area contributed by atoms with Crippen LogP contribution in [0, 0.1) is 17.8 Å². The van der Waals surface area contributed by atoms with Gasteiger partial charge in [0.15, 0.2) is 29.5 Å². The normalized spacial score (nSPS) is 18.4. The van der Waals surface area contributed by atoms with Crippen molar-refractivity contribution in [3.8, 4) is 0 Å². The van der Waals surface area contributed by atoms with E-state index in [1.807, 2.05) is 113 Å². The lowest BCUT2D eigenvalue weighted by Gasteiger charge is -2.33. The highest BCUT2D eigenvalue weighted by molar-refractivity contribution is 9.09. The molecule has 2 aliphatic heterocycles. The average Bonchev–Trinajstić information content (AvgIpc) is 0.766. The van der Waals surface area contributed by atoms with Crippen molar-refractivity contribution in [2.24, 2.45) is 17.8 Å². The van der Waals surface area contributed by atoms with E-state index in [0.717, 1.165) is 77.6 Å². The van der Waals surface area contributed by atoms with Crippen LogP contribution in [0.5, 0.6) is 0 Å². The Kier molecular flexibility index (Phi) is 41.2. The number of aliphatic hydroxyl groups excluding tert-OH is 2. The molecule has 5 N–H and O–H groups in total. The minimum atomic E-state index is -3.79. The fraction of sp³-hybridized carbons (Fsp3) is 0.376. The van der Waals surface area contributed by atoms with Gasteiger partial charge in [0.1, 0.15) is 35.8 Å². The fourth-order valence-corrected chi connectivity index (χ4v) is 23.7. The molecule has 0 spiro atoms. The van der Waals surface area contributed by atoms with E-state index in [4.69, 9.17) is 137 Å². The Morgan fingerprint density at radius 1 is 0.411 bits per heavy atom. The highest BCUT2D eigenvalue weighted by atomic mass is 79.9. The van der Waals surface area contributed by atoms with E-state index in [1.54, 1.807) is 32.9 Å². The van der Waals surface area contributed by atoms with Crippen molar-refractivity contribution in [2.75, 3.05) is 62.2 Å². The van der Waals surface area contributed by atoms with Crippen LogP contribution in [0.25, 0.3) is 0 Å². The van der Waals surface area contributed by atoms with Crippen LogP contribution in [0.4, 0.5) is 11.4 Å². The van der Waals surface area contributed by atoms with E-state index in [-0.39, 0.29) is 130 Å². The number of alkyl halides is 1. The lowest BCUT2D eigenvalue weighted by atomic mass is 9.84. The van der Waals surface area contributed by atoms with Crippen LogP contribution < -0.4 is 10.6 Å². The molecule has 9 aromatic carbocycles. The number of carbonyl (C=O) groups excluding carboxylic acids is 3. The van der Waals surface area contributed by atoms with Crippen molar-refractivity contribution in [1.82, 2.24) is 0 Å². The fourth-order valence-electron chi connectivity index (χ4n) is 15.0. The average molecular weight is 2100 g/mol. The molecule has 8 unspecified atom stereocenters. The Bertz CT molecular complexity index is 5850. The van der Waals surface area contributed by atoms with E-state index in [1.165, 1.54) is 89.6 Å². The number of fused-ring (bicyclic) bond motifs is 5. The second-order valence-electron chi connectivity index (χ2n) is 32.4. The quantitative estimate of drug-likeness (QED) is 0.0205. The number of aliphatic carboxylic acids is 1. The van der Waals surface area contributed by atoms with E-state index in [9.17, 15) is 58.0 Å². The molecule has 0 saturated heterocycles. The van der Waals surface area contributed by atoms with Crippen molar-refractivity contribution in [3.63, 3.8) is 0 Å². The molecule has 0 saturated carbocycles. The van der Waals surface area contributed by atoms with Gasteiger partial charge in [0.25, 0.3) is 9.05 Å². The maximum atomic E-state index is 13.7. The summed E-state index contributed by atoms with van der Waals surface area (Å²) in [5.41, 5.74) is 9.15. The number of hydrogen-bond acceptors (Lipinski definition) is 21. The highest BCUT2D eigenvalue weighted by Gasteiger charge is 2.44. The number of halogens is 10. The molecule has 5 aliphatic rings. The number of benzene rings is 9. The van der Waals surface area contributed by atoms with Crippen molar-refractivity contribution >= 4 is 193 Å². The Morgan fingerprint density at radius 2 is 0.744 bits per heavy atom. The number of ether oxygens (including phenoxy) is 5. The minimum absolute atomic E-state index is 0.0475. The van der Waals surface area contributed by atoms with E-state index >= 15 is 0 Å². The maximum Gasteiger partial charge on any atom is 0.332 e. The van der Waals surface area contributed by atoms with Crippen molar-refractivity contribution in [2.45, 2.75) is 171 Å². The molecule has 0 aromatic heterocycles. The molecule has 14 rings (SSSR count). The number of carbonyl (C=O) groups is 4. The van der Waals surface area contributed by atoms with Crippen LogP contribution in [-0.2, 0) is 114 Å². The number of nitrogens with one attached hydrogen (secondary N) is 2. The van der Waals surface area contributed by atoms with Gasteiger partial charge < -0.3 is 49.6 Å². The Hall–Kier alpha value is -6.81. The van der Waals surface area contributed by atoms with E-state index in [2.05, 4.69) is 50.8 Å². The largest absolute Gasteiger partial charge is 0.480 e. The molecule has 9 aromatic rings. The summed E-state index contributed by atoms with van der Waals surface area (Å²) in [4.78, 5) is 45.1. The first-order valence-corrected chi connectivity index (χ1v) is 52.1. The monoisotopic (exact) mass is 2090 g/mol. The summed E-state index contributed by atoms with van der Waals surface area (Å²) in [7, 11) is -9.91. The van der Waals surface area contributed by atoms with Crippen LogP contribution >= 0.6 is 119 Å². The summed E-state index contributed by atoms with van der Waals surface area (Å²) >= 11 is 50.0. The number of para-hydroxylation sites is 2. The number of anilines is 2. The molecule has 129 heavy (non-hydrogen) atoms. The van der Waals surface area contributed by atoms with Gasteiger partial charge in [-0.25, -0.2) is 48.1 Å². The minimum Gasteiger partial charge on any atom is -0.480 e. The molecule has 0 radical (unpaired) electrons. The van der Waals surface area contributed by atoms with Gasteiger partial charge in [-0.3, -0.25) is 4.79 Å².